The zero-order valence-electron chi connectivity index (χ0n) is 9.03. The standard InChI is InChI=1S/C12H17NO2/c1-2-3-10(13)9-4-5-11-12(8-9)15-7-6-14-11/h4-5,8,10H,2-3,6-7,13H2,1H3. The molecule has 1 heterocycles. The van der Waals surface area contributed by atoms with E-state index in [9.17, 15) is 0 Å². The van der Waals surface area contributed by atoms with Crippen molar-refractivity contribution < 1.29 is 9.47 Å². The summed E-state index contributed by atoms with van der Waals surface area (Å²) in [5, 5.41) is 0. The molecule has 0 radical (unpaired) electrons. The fraction of sp³-hybridized carbons (Fsp3) is 0.500. The molecule has 3 nitrogen and oxygen atoms in total. The molecule has 2 rings (SSSR count). The van der Waals surface area contributed by atoms with Crippen molar-refractivity contribution in [2.24, 2.45) is 5.73 Å². The third-order valence-corrected chi connectivity index (χ3v) is 2.59. The molecular weight excluding hydrogens is 190 g/mol. The number of benzene rings is 1. The molecule has 0 aromatic heterocycles. The van der Waals surface area contributed by atoms with Gasteiger partial charge in [0.15, 0.2) is 11.5 Å². The Morgan fingerprint density at radius 2 is 2.00 bits per heavy atom. The van der Waals surface area contributed by atoms with Crippen molar-refractivity contribution in [3.8, 4) is 11.5 Å². The lowest BCUT2D eigenvalue weighted by Crippen LogP contribution is -2.16. The SMILES string of the molecule is CCCC(N)c1ccc2c(c1)OCCO2. The fourth-order valence-corrected chi connectivity index (χ4v) is 1.77. The highest BCUT2D eigenvalue weighted by Gasteiger charge is 2.13. The van der Waals surface area contributed by atoms with E-state index in [2.05, 4.69) is 6.92 Å². The summed E-state index contributed by atoms with van der Waals surface area (Å²) in [6.07, 6.45) is 2.09. The van der Waals surface area contributed by atoms with Gasteiger partial charge >= 0.3 is 0 Å². The third-order valence-electron chi connectivity index (χ3n) is 2.59. The number of nitrogens with two attached hydrogens (primary N) is 1. The van der Waals surface area contributed by atoms with Crippen molar-refractivity contribution in [1.29, 1.82) is 0 Å². The molecule has 0 aliphatic carbocycles. The molecular formula is C12H17NO2. The maximum absolute atomic E-state index is 6.04. The highest BCUT2D eigenvalue weighted by Crippen LogP contribution is 2.32. The second-order valence-electron chi connectivity index (χ2n) is 3.80. The van der Waals surface area contributed by atoms with Crippen LogP contribution in [0.5, 0.6) is 11.5 Å². The summed E-state index contributed by atoms with van der Waals surface area (Å²) >= 11 is 0. The van der Waals surface area contributed by atoms with Crippen molar-refractivity contribution in [3.05, 3.63) is 23.8 Å². The van der Waals surface area contributed by atoms with Crippen molar-refractivity contribution >= 4 is 0 Å². The Bertz CT molecular complexity index is 338. The molecule has 0 saturated heterocycles. The highest BCUT2D eigenvalue weighted by atomic mass is 16.6. The second-order valence-corrected chi connectivity index (χ2v) is 3.80. The summed E-state index contributed by atoms with van der Waals surface area (Å²) in [7, 11) is 0. The van der Waals surface area contributed by atoms with Gasteiger partial charge in [0.25, 0.3) is 0 Å². The van der Waals surface area contributed by atoms with Crippen LogP contribution in [0.15, 0.2) is 18.2 Å². The number of hydrogen-bond donors (Lipinski definition) is 1. The summed E-state index contributed by atoms with van der Waals surface area (Å²) in [4.78, 5) is 0. The highest BCUT2D eigenvalue weighted by molar-refractivity contribution is 5.44. The van der Waals surface area contributed by atoms with Gasteiger partial charge in [0, 0.05) is 6.04 Å². The molecule has 0 amide bonds. The zero-order valence-corrected chi connectivity index (χ0v) is 9.03. The third kappa shape index (κ3) is 2.23. The molecule has 0 spiro atoms. The van der Waals surface area contributed by atoms with Crippen molar-refractivity contribution in [2.75, 3.05) is 13.2 Å². The van der Waals surface area contributed by atoms with Gasteiger partial charge in [-0.1, -0.05) is 19.4 Å². The fourth-order valence-electron chi connectivity index (χ4n) is 1.77. The smallest absolute Gasteiger partial charge is 0.161 e. The number of rotatable bonds is 3. The molecule has 0 bridgehead atoms. The molecule has 1 unspecified atom stereocenters. The van der Waals surface area contributed by atoms with Gasteiger partial charge in [0.2, 0.25) is 0 Å². The first-order valence-electron chi connectivity index (χ1n) is 5.46. The predicted molar refractivity (Wildman–Crippen MR) is 59.3 cm³/mol. The lowest BCUT2D eigenvalue weighted by Gasteiger charge is -2.20. The van der Waals surface area contributed by atoms with Gasteiger partial charge < -0.3 is 15.2 Å². The lowest BCUT2D eigenvalue weighted by atomic mass is 10.0. The Kier molecular flexibility index (Phi) is 3.11. The Morgan fingerprint density at radius 1 is 1.27 bits per heavy atom. The van der Waals surface area contributed by atoms with Crippen LogP contribution < -0.4 is 15.2 Å². The molecule has 1 atom stereocenters. The van der Waals surface area contributed by atoms with Crippen LogP contribution >= 0.6 is 0 Å². The molecule has 1 aromatic carbocycles. The number of hydrogen-bond acceptors (Lipinski definition) is 3. The maximum Gasteiger partial charge on any atom is 0.161 e. The first-order chi connectivity index (χ1) is 7.31. The van der Waals surface area contributed by atoms with Gasteiger partial charge in [-0.15, -0.1) is 0 Å². The summed E-state index contributed by atoms with van der Waals surface area (Å²) in [6, 6.07) is 6.06. The van der Waals surface area contributed by atoms with E-state index in [4.69, 9.17) is 15.2 Å². The van der Waals surface area contributed by atoms with E-state index < -0.39 is 0 Å². The van der Waals surface area contributed by atoms with Crippen molar-refractivity contribution in [3.63, 3.8) is 0 Å². The predicted octanol–water partition coefficient (Wildman–Crippen LogP) is 2.26. The van der Waals surface area contributed by atoms with Crippen LogP contribution in [0, 0.1) is 0 Å². The van der Waals surface area contributed by atoms with Crippen molar-refractivity contribution in [2.45, 2.75) is 25.8 Å². The average molecular weight is 207 g/mol. The van der Waals surface area contributed by atoms with E-state index in [0.29, 0.717) is 13.2 Å². The molecule has 1 aliphatic heterocycles. The van der Waals surface area contributed by atoms with Crippen LogP contribution in [0.1, 0.15) is 31.4 Å². The summed E-state index contributed by atoms with van der Waals surface area (Å²) in [5.74, 6) is 1.65. The Labute approximate surface area is 90.2 Å². The van der Waals surface area contributed by atoms with Crippen LogP contribution in [0.4, 0.5) is 0 Å². The molecule has 0 saturated carbocycles. The van der Waals surface area contributed by atoms with Crippen LogP contribution in [0.2, 0.25) is 0 Å². The second kappa shape index (κ2) is 4.53. The molecule has 1 aliphatic rings. The minimum absolute atomic E-state index is 0.103. The summed E-state index contributed by atoms with van der Waals surface area (Å²) in [6.45, 7) is 3.39. The minimum atomic E-state index is 0.103. The van der Waals surface area contributed by atoms with Gasteiger partial charge in [-0.2, -0.15) is 0 Å². The van der Waals surface area contributed by atoms with Gasteiger partial charge in [-0.25, -0.2) is 0 Å². The van der Waals surface area contributed by atoms with E-state index in [1.165, 1.54) is 0 Å². The normalized spacial score (nSPS) is 16.1. The number of fused-ring (bicyclic) bond motifs is 1. The van der Waals surface area contributed by atoms with Gasteiger partial charge in [0.1, 0.15) is 13.2 Å². The van der Waals surface area contributed by atoms with Gasteiger partial charge in [0.05, 0.1) is 0 Å². The van der Waals surface area contributed by atoms with Crippen LogP contribution in [0.25, 0.3) is 0 Å². The van der Waals surface area contributed by atoms with Crippen LogP contribution in [-0.2, 0) is 0 Å². The van der Waals surface area contributed by atoms with E-state index in [-0.39, 0.29) is 6.04 Å². The first-order valence-corrected chi connectivity index (χ1v) is 5.46. The zero-order chi connectivity index (χ0) is 10.7. The van der Waals surface area contributed by atoms with E-state index in [1.54, 1.807) is 0 Å². The molecule has 82 valence electrons. The topological polar surface area (TPSA) is 44.5 Å². The number of ether oxygens (including phenoxy) is 2. The quantitative estimate of drug-likeness (QED) is 0.826. The van der Waals surface area contributed by atoms with Crippen LogP contribution in [0.3, 0.4) is 0 Å². The van der Waals surface area contributed by atoms with Crippen LogP contribution in [-0.4, -0.2) is 13.2 Å². The Morgan fingerprint density at radius 3 is 2.73 bits per heavy atom. The van der Waals surface area contributed by atoms with Crippen molar-refractivity contribution in [1.82, 2.24) is 0 Å². The molecule has 2 N–H and O–H groups in total. The molecule has 0 fully saturated rings. The minimum Gasteiger partial charge on any atom is -0.486 e. The monoisotopic (exact) mass is 207 g/mol. The Hall–Kier alpha value is -1.22. The first kappa shape index (κ1) is 10.3. The Balaban J connectivity index is 2.20. The largest absolute Gasteiger partial charge is 0.486 e. The molecule has 3 heteroatoms. The van der Waals surface area contributed by atoms with E-state index >= 15 is 0 Å². The summed E-state index contributed by atoms with van der Waals surface area (Å²) in [5.41, 5.74) is 7.17. The summed E-state index contributed by atoms with van der Waals surface area (Å²) < 4.78 is 11.0. The maximum atomic E-state index is 6.04. The average Bonchev–Trinajstić information content (AvgIpc) is 2.29. The van der Waals surface area contributed by atoms with E-state index in [1.807, 2.05) is 18.2 Å². The molecule has 15 heavy (non-hydrogen) atoms. The van der Waals surface area contributed by atoms with Gasteiger partial charge in [-0.05, 0) is 24.1 Å². The lowest BCUT2D eigenvalue weighted by molar-refractivity contribution is 0.171. The van der Waals surface area contributed by atoms with Gasteiger partial charge in [-0.3, -0.25) is 0 Å². The molecule has 1 aromatic rings. The van der Waals surface area contributed by atoms with E-state index in [0.717, 1.165) is 29.9 Å².